The Labute approximate surface area is 74.7 Å². The maximum atomic E-state index is 5.77. The minimum absolute atomic E-state index is 0.536. The average molecular weight is 195 g/mol. The summed E-state index contributed by atoms with van der Waals surface area (Å²) in [4.78, 5) is 0. The third-order valence-corrected chi connectivity index (χ3v) is 2.58. The summed E-state index contributed by atoms with van der Waals surface area (Å²) in [6.07, 6.45) is 0. The quantitative estimate of drug-likeness (QED) is 0.550. The predicted octanol–water partition coefficient (Wildman–Crippen LogP) is 3.96. The second kappa shape index (κ2) is 3.00. The molecule has 0 unspecified atom stereocenters. The van der Waals surface area contributed by atoms with Crippen LogP contribution in [0.5, 0.6) is 0 Å². The number of hydrogen-bond acceptors (Lipinski definition) is 0. The van der Waals surface area contributed by atoms with Gasteiger partial charge in [0.15, 0.2) is 0 Å². The highest BCUT2D eigenvalue weighted by Crippen LogP contribution is 2.29. The van der Waals surface area contributed by atoms with E-state index in [9.17, 15) is 0 Å². The summed E-state index contributed by atoms with van der Waals surface area (Å²) in [6.45, 7) is 1.83. The van der Waals surface area contributed by atoms with Crippen molar-refractivity contribution >= 4 is 34.8 Å². The van der Waals surface area contributed by atoms with Crippen molar-refractivity contribution in [3.8, 4) is 0 Å². The van der Waals surface area contributed by atoms with Gasteiger partial charge in [0, 0.05) is 5.02 Å². The SMILES string of the molecule is Cc1c(Cl)ccc(Cl)c1Cl. The molecule has 1 rings (SSSR count). The molecule has 10 heavy (non-hydrogen) atoms. The summed E-state index contributed by atoms with van der Waals surface area (Å²) in [5, 5.41) is 1.73. The van der Waals surface area contributed by atoms with E-state index in [1.165, 1.54) is 0 Å². The van der Waals surface area contributed by atoms with Crippen LogP contribution in [0, 0.1) is 6.92 Å². The molecule has 0 radical (unpaired) electrons. The topological polar surface area (TPSA) is 0 Å². The van der Waals surface area contributed by atoms with Crippen molar-refractivity contribution in [1.29, 1.82) is 0 Å². The van der Waals surface area contributed by atoms with Crippen molar-refractivity contribution < 1.29 is 0 Å². The van der Waals surface area contributed by atoms with Gasteiger partial charge in [-0.2, -0.15) is 0 Å². The zero-order valence-corrected chi connectivity index (χ0v) is 7.56. The minimum atomic E-state index is 0.536. The fourth-order valence-corrected chi connectivity index (χ4v) is 1.20. The molecule has 0 aromatic heterocycles. The van der Waals surface area contributed by atoms with Gasteiger partial charge >= 0.3 is 0 Å². The van der Waals surface area contributed by atoms with Crippen LogP contribution in [0.3, 0.4) is 0 Å². The molecule has 0 fully saturated rings. The van der Waals surface area contributed by atoms with Gasteiger partial charge in [-0.3, -0.25) is 0 Å². The second-order valence-electron chi connectivity index (χ2n) is 1.97. The van der Waals surface area contributed by atoms with E-state index in [-0.39, 0.29) is 0 Å². The average Bonchev–Trinajstić information content (AvgIpc) is 1.93. The van der Waals surface area contributed by atoms with E-state index in [1.54, 1.807) is 12.1 Å². The van der Waals surface area contributed by atoms with Gasteiger partial charge in [0.25, 0.3) is 0 Å². The molecule has 0 spiro atoms. The van der Waals surface area contributed by atoms with E-state index >= 15 is 0 Å². The maximum Gasteiger partial charge on any atom is 0.0636 e. The van der Waals surface area contributed by atoms with Crippen LogP contribution in [0.4, 0.5) is 0 Å². The smallest absolute Gasteiger partial charge is 0.0636 e. The molecule has 3 heteroatoms. The number of rotatable bonds is 0. The first kappa shape index (κ1) is 8.19. The third-order valence-electron chi connectivity index (χ3n) is 1.27. The van der Waals surface area contributed by atoms with Crippen LogP contribution in [-0.4, -0.2) is 0 Å². The van der Waals surface area contributed by atoms with Crippen molar-refractivity contribution in [1.82, 2.24) is 0 Å². The maximum absolute atomic E-state index is 5.77. The van der Waals surface area contributed by atoms with Crippen LogP contribution in [0.25, 0.3) is 0 Å². The zero-order chi connectivity index (χ0) is 7.72. The van der Waals surface area contributed by atoms with E-state index in [4.69, 9.17) is 34.8 Å². The molecule has 0 aliphatic rings. The Bertz CT molecular complexity index is 228. The van der Waals surface area contributed by atoms with E-state index in [0.29, 0.717) is 15.1 Å². The highest BCUT2D eigenvalue weighted by atomic mass is 35.5. The third kappa shape index (κ3) is 1.39. The molecule has 1 aromatic rings. The molecular formula is C7H5Cl3. The van der Waals surface area contributed by atoms with Gasteiger partial charge in [-0.25, -0.2) is 0 Å². The summed E-state index contributed by atoms with van der Waals surface area (Å²) in [5.74, 6) is 0. The molecule has 0 heterocycles. The summed E-state index contributed by atoms with van der Waals surface area (Å²) in [5.41, 5.74) is 0.829. The molecule has 0 nitrogen and oxygen atoms in total. The highest BCUT2D eigenvalue weighted by molar-refractivity contribution is 6.43. The Kier molecular flexibility index (Phi) is 2.45. The van der Waals surface area contributed by atoms with Gasteiger partial charge in [-0.1, -0.05) is 34.8 Å². The molecule has 0 saturated heterocycles. The van der Waals surface area contributed by atoms with Crippen LogP contribution in [0.1, 0.15) is 5.56 Å². The zero-order valence-electron chi connectivity index (χ0n) is 5.29. The summed E-state index contributed by atoms with van der Waals surface area (Å²) in [7, 11) is 0. The van der Waals surface area contributed by atoms with Gasteiger partial charge in [0.1, 0.15) is 0 Å². The number of benzene rings is 1. The Hall–Kier alpha value is 0.0900. The first-order valence-corrected chi connectivity index (χ1v) is 3.86. The van der Waals surface area contributed by atoms with Gasteiger partial charge in [0.05, 0.1) is 10.0 Å². The molecule has 0 atom stereocenters. The van der Waals surface area contributed by atoms with Crippen molar-refractivity contribution in [2.24, 2.45) is 0 Å². The molecule has 1 aromatic carbocycles. The summed E-state index contributed by atoms with van der Waals surface area (Å²) >= 11 is 17.2. The van der Waals surface area contributed by atoms with Crippen molar-refractivity contribution in [2.45, 2.75) is 6.92 Å². The van der Waals surface area contributed by atoms with Crippen LogP contribution in [-0.2, 0) is 0 Å². The molecule has 0 bridgehead atoms. The van der Waals surface area contributed by atoms with E-state index < -0.39 is 0 Å². The van der Waals surface area contributed by atoms with Crippen molar-refractivity contribution in [3.05, 3.63) is 32.8 Å². The lowest BCUT2D eigenvalue weighted by molar-refractivity contribution is 1.47. The van der Waals surface area contributed by atoms with E-state index in [0.717, 1.165) is 5.56 Å². The Balaban J connectivity index is 3.34. The highest BCUT2D eigenvalue weighted by Gasteiger charge is 2.03. The van der Waals surface area contributed by atoms with Gasteiger partial charge < -0.3 is 0 Å². The summed E-state index contributed by atoms with van der Waals surface area (Å²) in [6, 6.07) is 3.41. The lowest BCUT2D eigenvalue weighted by atomic mass is 10.2. The minimum Gasteiger partial charge on any atom is -0.0840 e. The molecule has 54 valence electrons. The monoisotopic (exact) mass is 194 g/mol. The molecule has 0 N–H and O–H groups in total. The largest absolute Gasteiger partial charge is 0.0840 e. The fourth-order valence-electron chi connectivity index (χ4n) is 0.628. The normalized spacial score (nSPS) is 10.0. The Morgan fingerprint density at radius 2 is 1.50 bits per heavy atom. The van der Waals surface area contributed by atoms with Gasteiger partial charge in [0.2, 0.25) is 0 Å². The Morgan fingerprint density at radius 3 is 2.00 bits per heavy atom. The van der Waals surface area contributed by atoms with Crippen molar-refractivity contribution in [3.63, 3.8) is 0 Å². The molecule has 0 saturated carbocycles. The van der Waals surface area contributed by atoms with Crippen LogP contribution >= 0.6 is 34.8 Å². The van der Waals surface area contributed by atoms with Gasteiger partial charge in [-0.05, 0) is 24.6 Å². The number of hydrogen-bond donors (Lipinski definition) is 0. The first-order chi connectivity index (χ1) is 4.63. The van der Waals surface area contributed by atoms with Crippen LogP contribution < -0.4 is 0 Å². The predicted molar refractivity (Wildman–Crippen MR) is 46.2 cm³/mol. The molecule has 0 amide bonds. The van der Waals surface area contributed by atoms with Gasteiger partial charge in [-0.15, -0.1) is 0 Å². The molecular weight excluding hydrogens is 190 g/mol. The standard InChI is InChI=1S/C7H5Cl3/c1-4-5(8)2-3-6(9)7(4)10/h2-3H,1H3. The second-order valence-corrected chi connectivity index (χ2v) is 3.16. The lowest BCUT2D eigenvalue weighted by Crippen LogP contribution is -1.77. The lowest BCUT2D eigenvalue weighted by Gasteiger charge is -2.00. The van der Waals surface area contributed by atoms with Crippen molar-refractivity contribution in [2.75, 3.05) is 0 Å². The first-order valence-electron chi connectivity index (χ1n) is 2.73. The van der Waals surface area contributed by atoms with E-state index in [2.05, 4.69) is 0 Å². The molecule has 0 aliphatic carbocycles. The van der Waals surface area contributed by atoms with Crippen LogP contribution in [0.15, 0.2) is 12.1 Å². The molecule has 0 aliphatic heterocycles. The van der Waals surface area contributed by atoms with Crippen LogP contribution in [0.2, 0.25) is 15.1 Å². The number of halogens is 3. The van der Waals surface area contributed by atoms with E-state index in [1.807, 2.05) is 6.92 Å². The summed E-state index contributed by atoms with van der Waals surface area (Å²) < 4.78 is 0. The Morgan fingerprint density at radius 1 is 1.00 bits per heavy atom. The fraction of sp³-hybridized carbons (Fsp3) is 0.143.